The molecule has 12 aromatic rings. The molecule has 10 aromatic carbocycles. The van der Waals surface area contributed by atoms with Gasteiger partial charge in [0, 0.05) is 55.7 Å². The van der Waals surface area contributed by atoms with Crippen molar-refractivity contribution in [3.05, 3.63) is 215 Å². The van der Waals surface area contributed by atoms with Crippen molar-refractivity contribution in [2.75, 3.05) is 9.80 Å². The lowest BCUT2D eigenvalue weighted by molar-refractivity contribution is 0.658. The first-order valence-electron chi connectivity index (χ1n) is 22.8. The Hall–Kier alpha value is -8.08. The lowest BCUT2D eigenvalue weighted by Crippen LogP contribution is -2.10. The minimum atomic E-state index is 0.823. The zero-order valence-electron chi connectivity index (χ0n) is 38.0. The number of benzene rings is 10. The van der Waals surface area contributed by atoms with Crippen molar-refractivity contribution in [3.63, 3.8) is 0 Å². The molecule has 0 bridgehead atoms. The molecule has 0 aliphatic heterocycles. The molecular weight excluding hydrogens is 805 g/mol. The van der Waals surface area contributed by atoms with Gasteiger partial charge in [0.2, 0.25) is 0 Å². The van der Waals surface area contributed by atoms with Crippen molar-refractivity contribution in [2.45, 2.75) is 41.5 Å². The fourth-order valence-corrected chi connectivity index (χ4v) is 9.75. The maximum Gasteiger partial charge on any atom is 0.147 e. The zero-order chi connectivity index (χ0) is 44.8. The average molecular weight is 853 g/mol. The SMILES string of the molecule is Cc1ccc(N(c2ccc(C)c(C)c2)c2ccc3cc4c(cc3c2)oc2c(-c3ccccc3)c3oc5cc6cc(N(c7ccc(C)cc7)c7ccc(C)c(C)c7)ccc6cc5c3cc24)cc1. The second kappa shape index (κ2) is 15.3. The quantitative estimate of drug-likeness (QED) is 0.160. The second-order valence-corrected chi connectivity index (χ2v) is 18.2. The number of aryl methyl sites for hydroxylation is 6. The van der Waals surface area contributed by atoms with E-state index in [2.05, 4.69) is 233 Å². The number of hydrogen-bond acceptors (Lipinski definition) is 4. The molecule has 0 amide bonds. The van der Waals surface area contributed by atoms with E-state index in [0.717, 1.165) is 111 Å². The van der Waals surface area contributed by atoms with E-state index in [1.807, 2.05) is 0 Å². The Morgan fingerprint density at radius 2 is 0.712 bits per heavy atom. The molecule has 12 rings (SSSR count). The topological polar surface area (TPSA) is 32.8 Å². The van der Waals surface area contributed by atoms with Crippen LogP contribution >= 0.6 is 0 Å². The van der Waals surface area contributed by atoms with Gasteiger partial charge in [-0.3, -0.25) is 0 Å². The Labute approximate surface area is 384 Å². The van der Waals surface area contributed by atoms with E-state index in [0.29, 0.717) is 0 Å². The van der Waals surface area contributed by atoms with E-state index < -0.39 is 0 Å². The van der Waals surface area contributed by atoms with Gasteiger partial charge in [0.1, 0.15) is 22.3 Å². The summed E-state index contributed by atoms with van der Waals surface area (Å²) in [5.74, 6) is 0. The van der Waals surface area contributed by atoms with Crippen LogP contribution in [0.5, 0.6) is 0 Å². The van der Waals surface area contributed by atoms with Gasteiger partial charge in [-0.2, -0.15) is 0 Å². The monoisotopic (exact) mass is 852 g/mol. The van der Waals surface area contributed by atoms with Gasteiger partial charge in [-0.25, -0.2) is 0 Å². The summed E-state index contributed by atoms with van der Waals surface area (Å²) in [7, 11) is 0. The van der Waals surface area contributed by atoms with Crippen molar-refractivity contribution in [1.29, 1.82) is 0 Å². The van der Waals surface area contributed by atoms with Crippen molar-refractivity contribution in [2.24, 2.45) is 0 Å². The van der Waals surface area contributed by atoms with Gasteiger partial charge in [0.15, 0.2) is 0 Å². The first-order valence-corrected chi connectivity index (χ1v) is 22.8. The van der Waals surface area contributed by atoms with Gasteiger partial charge in [0.25, 0.3) is 0 Å². The maximum absolute atomic E-state index is 7.01. The number of hydrogen-bond donors (Lipinski definition) is 0. The van der Waals surface area contributed by atoms with Gasteiger partial charge in [-0.05, 0) is 194 Å². The molecule has 2 aromatic heterocycles. The normalized spacial score (nSPS) is 11.8. The number of fused-ring (bicyclic) bond motifs is 8. The number of anilines is 6. The van der Waals surface area contributed by atoms with Crippen LogP contribution in [-0.4, -0.2) is 0 Å². The van der Waals surface area contributed by atoms with E-state index in [9.17, 15) is 0 Å². The molecule has 0 unspecified atom stereocenters. The largest absolute Gasteiger partial charge is 0.455 e. The highest BCUT2D eigenvalue weighted by Crippen LogP contribution is 2.47. The fourth-order valence-electron chi connectivity index (χ4n) is 9.75. The summed E-state index contributed by atoms with van der Waals surface area (Å²) in [6.07, 6.45) is 0. The second-order valence-electron chi connectivity index (χ2n) is 18.2. The molecule has 0 radical (unpaired) electrons. The summed E-state index contributed by atoms with van der Waals surface area (Å²) in [6, 6.07) is 66.3. The van der Waals surface area contributed by atoms with Crippen molar-refractivity contribution >= 4 is 99.5 Å². The molecule has 0 spiro atoms. The van der Waals surface area contributed by atoms with E-state index >= 15 is 0 Å². The van der Waals surface area contributed by atoms with Crippen LogP contribution < -0.4 is 9.80 Å². The van der Waals surface area contributed by atoms with Crippen LogP contribution in [0.1, 0.15) is 33.4 Å². The summed E-state index contributed by atoms with van der Waals surface area (Å²) in [4.78, 5) is 4.69. The Morgan fingerprint density at radius 1 is 0.303 bits per heavy atom. The van der Waals surface area contributed by atoms with Gasteiger partial charge in [0.05, 0.1) is 5.56 Å². The third-order valence-corrected chi connectivity index (χ3v) is 13.7. The highest BCUT2D eigenvalue weighted by molar-refractivity contribution is 6.24. The van der Waals surface area contributed by atoms with Crippen LogP contribution in [0.2, 0.25) is 0 Å². The van der Waals surface area contributed by atoms with Crippen LogP contribution in [0.25, 0.3) is 76.5 Å². The van der Waals surface area contributed by atoms with Crippen LogP contribution in [-0.2, 0) is 0 Å². The molecule has 66 heavy (non-hydrogen) atoms. The van der Waals surface area contributed by atoms with Gasteiger partial charge >= 0.3 is 0 Å². The Balaban J connectivity index is 1.02. The molecule has 0 aliphatic rings. The molecule has 4 nitrogen and oxygen atoms in total. The molecule has 2 heterocycles. The molecule has 0 saturated carbocycles. The molecule has 4 heteroatoms. The zero-order valence-corrected chi connectivity index (χ0v) is 38.0. The maximum atomic E-state index is 7.01. The molecule has 0 N–H and O–H groups in total. The fraction of sp³-hybridized carbons (Fsp3) is 0.0968. The van der Waals surface area contributed by atoms with E-state index in [-0.39, 0.29) is 0 Å². The number of furan rings is 2. The smallest absolute Gasteiger partial charge is 0.147 e. The summed E-state index contributed by atoms with van der Waals surface area (Å²) < 4.78 is 14.0. The van der Waals surface area contributed by atoms with Crippen molar-refractivity contribution < 1.29 is 8.83 Å². The Bertz CT molecular complexity index is 3640. The minimum absolute atomic E-state index is 0.823. The first-order chi connectivity index (χ1) is 32.1. The Morgan fingerprint density at radius 3 is 1.15 bits per heavy atom. The summed E-state index contributed by atoms with van der Waals surface area (Å²) >= 11 is 0. The van der Waals surface area contributed by atoms with E-state index in [1.165, 1.54) is 33.4 Å². The highest BCUT2D eigenvalue weighted by Gasteiger charge is 2.23. The average Bonchev–Trinajstić information content (AvgIpc) is 3.86. The van der Waals surface area contributed by atoms with E-state index in [1.54, 1.807) is 0 Å². The van der Waals surface area contributed by atoms with Crippen LogP contribution in [0.4, 0.5) is 34.1 Å². The predicted octanol–water partition coefficient (Wildman–Crippen LogP) is 18.2. The standard InChI is InChI=1S/C62H48N2O2/c1-37-12-20-48(21-13-37)63(50-24-16-39(3)41(5)28-50)52-26-18-44-32-54-56-36-57-55-33-45-19-27-53(64(49-22-14-38(2)15-23-49)51-25-17-40(4)42(6)29-51)31-47(45)35-59(55)66-62(57)60(43-10-8-7-9-11-43)61(56)65-58(54)34-46(44)30-52/h7-36H,1-6H3. The minimum Gasteiger partial charge on any atom is -0.455 e. The summed E-state index contributed by atoms with van der Waals surface area (Å²) in [5, 5.41) is 8.82. The molecule has 318 valence electrons. The molecule has 0 aliphatic carbocycles. The van der Waals surface area contributed by atoms with Gasteiger partial charge in [-0.1, -0.05) is 90.0 Å². The number of nitrogens with zero attached hydrogens (tertiary/aromatic N) is 2. The van der Waals surface area contributed by atoms with Gasteiger partial charge < -0.3 is 18.6 Å². The number of rotatable bonds is 7. The van der Waals surface area contributed by atoms with E-state index in [4.69, 9.17) is 8.83 Å². The van der Waals surface area contributed by atoms with Crippen molar-refractivity contribution in [3.8, 4) is 11.1 Å². The predicted molar refractivity (Wildman–Crippen MR) is 279 cm³/mol. The summed E-state index contributed by atoms with van der Waals surface area (Å²) in [6.45, 7) is 13.0. The van der Waals surface area contributed by atoms with Crippen LogP contribution in [0.15, 0.2) is 191 Å². The molecule has 0 saturated heterocycles. The highest BCUT2D eigenvalue weighted by atomic mass is 16.3. The van der Waals surface area contributed by atoms with Crippen LogP contribution in [0, 0.1) is 41.5 Å². The third kappa shape index (κ3) is 6.60. The third-order valence-electron chi connectivity index (χ3n) is 13.7. The van der Waals surface area contributed by atoms with Crippen LogP contribution in [0.3, 0.4) is 0 Å². The molecule has 0 atom stereocenters. The summed E-state index contributed by atoms with van der Waals surface area (Å²) in [5.41, 5.74) is 19.6. The van der Waals surface area contributed by atoms with Gasteiger partial charge in [-0.15, -0.1) is 0 Å². The Kier molecular flexibility index (Phi) is 9.15. The first kappa shape index (κ1) is 39.5. The lowest BCUT2D eigenvalue weighted by Gasteiger charge is -2.26. The van der Waals surface area contributed by atoms with Crippen molar-refractivity contribution in [1.82, 2.24) is 0 Å². The molecule has 0 fully saturated rings. The molecular formula is C62H48N2O2. The lowest BCUT2D eigenvalue weighted by atomic mass is 9.97.